The number of rotatable bonds is 7. The van der Waals surface area contributed by atoms with Crippen LogP contribution in [-0.2, 0) is 4.79 Å². The summed E-state index contributed by atoms with van der Waals surface area (Å²) >= 11 is 1.41. The lowest BCUT2D eigenvalue weighted by molar-refractivity contribution is -0.118. The Kier molecular flexibility index (Phi) is 5.66. The fourth-order valence-electron chi connectivity index (χ4n) is 1.98. The average molecular weight is 318 g/mol. The van der Waals surface area contributed by atoms with E-state index in [-0.39, 0.29) is 11.7 Å². The Hall–Kier alpha value is -2.21. The van der Waals surface area contributed by atoms with Gasteiger partial charge in [-0.2, -0.15) is 0 Å². The maximum absolute atomic E-state index is 12.0. The number of Topliss-reactive ketones (excluding diaryl/α,β-unsaturated/α-hetero) is 1. The van der Waals surface area contributed by atoms with E-state index in [9.17, 15) is 9.59 Å². The molecule has 22 heavy (non-hydrogen) atoms. The first-order chi connectivity index (χ1) is 10.6. The Balaban J connectivity index is 1.80. The highest BCUT2D eigenvalue weighted by molar-refractivity contribution is 7.13. The van der Waals surface area contributed by atoms with Crippen molar-refractivity contribution in [3.05, 3.63) is 41.4 Å². The van der Waals surface area contributed by atoms with Crippen LogP contribution in [0.1, 0.15) is 29.6 Å². The number of hydrogen-bond donors (Lipinski definition) is 0. The third kappa shape index (κ3) is 4.14. The van der Waals surface area contributed by atoms with Crippen LogP contribution in [0.5, 0.6) is 5.75 Å². The third-order valence-corrected chi connectivity index (χ3v) is 4.13. The number of amides is 1. The lowest BCUT2D eigenvalue weighted by Gasteiger charge is -2.13. The number of anilines is 1. The van der Waals surface area contributed by atoms with Crippen molar-refractivity contribution < 1.29 is 14.3 Å². The molecule has 1 aromatic carbocycles. The minimum atomic E-state index is -0.0301. The molecule has 0 N–H and O–H groups in total. The molecule has 0 atom stereocenters. The van der Waals surface area contributed by atoms with E-state index in [4.69, 9.17) is 4.74 Å². The molecule has 1 heterocycles. The van der Waals surface area contributed by atoms with Gasteiger partial charge in [0, 0.05) is 37.0 Å². The van der Waals surface area contributed by atoms with E-state index < -0.39 is 0 Å². The van der Waals surface area contributed by atoms with Crippen molar-refractivity contribution in [3.63, 3.8) is 0 Å². The number of benzene rings is 1. The van der Waals surface area contributed by atoms with Gasteiger partial charge in [0.2, 0.25) is 5.91 Å². The number of hydrogen-bond acceptors (Lipinski definition) is 5. The molecular weight excluding hydrogens is 300 g/mol. The number of ether oxygens (including phenoxy) is 1. The Morgan fingerprint density at radius 1 is 1.23 bits per heavy atom. The van der Waals surface area contributed by atoms with Crippen LogP contribution in [0.25, 0.3) is 0 Å². The zero-order chi connectivity index (χ0) is 15.9. The van der Waals surface area contributed by atoms with E-state index >= 15 is 0 Å². The number of aromatic nitrogens is 1. The largest absolute Gasteiger partial charge is 0.497 e. The molecule has 6 heteroatoms. The van der Waals surface area contributed by atoms with Crippen molar-refractivity contribution in [2.24, 2.45) is 0 Å². The van der Waals surface area contributed by atoms with Gasteiger partial charge in [-0.05, 0) is 30.7 Å². The van der Waals surface area contributed by atoms with Crippen molar-refractivity contribution in [3.8, 4) is 5.75 Å². The van der Waals surface area contributed by atoms with E-state index in [1.165, 1.54) is 16.2 Å². The summed E-state index contributed by atoms with van der Waals surface area (Å²) in [6, 6.07) is 7.00. The highest BCUT2D eigenvalue weighted by Gasteiger charge is 2.14. The smallest absolute Gasteiger partial charge is 0.228 e. The molecular formula is C16H18N2O3S. The first-order valence-corrected chi connectivity index (χ1v) is 7.83. The van der Waals surface area contributed by atoms with Crippen LogP contribution in [-0.4, -0.2) is 30.8 Å². The fourth-order valence-corrected chi connectivity index (χ4v) is 2.60. The molecule has 0 radical (unpaired) electrons. The van der Waals surface area contributed by atoms with Gasteiger partial charge in [0.1, 0.15) is 5.75 Å². The Morgan fingerprint density at radius 2 is 1.95 bits per heavy atom. The molecule has 0 fully saturated rings. The van der Waals surface area contributed by atoms with Gasteiger partial charge in [0.25, 0.3) is 0 Å². The molecule has 1 aromatic heterocycles. The summed E-state index contributed by atoms with van der Waals surface area (Å²) in [4.78, 5) is 29.7. The van der Waals surface area contributed by atoms with Crippen molar-refractivity contribution >= 4 is 28.2 Å². The lowest BCUT2D eigenvalue weighted by Crippen LogP contribution is -2.25. The minimum absolute atomic E-state index is 0.0301. The van der Waals surface area contributed by atoms with Crippen LogP contribution in [0.2, 0.25) is 0 Å². The predicted octanol–water partition coefficient (Wildman–Crippen LogP) is 3.17. The molecule has 0 aliphatic heterocycles. The minimum Gasteiger partial charge on any atom is -0.497 e. The summed E-state index contributed by atoms with van der Waals surface area (Å²) in [5, 5.41) is 2.50. The summed E-state index contributed by atoms with van der Waals surface area (Å²) in [5.41, 5.74) is 0.640. The van der Waals surface area contributed by atoms with Gasteiger partial charge in [-0.3, -0.25) is 14.5 Å². The van der Waals surface area contributed by atoms with Gasteiger partial charge >= 0.3 is 0 Å². The Labute approximate surface area is 133 Å². The zero-order valence-corrected chi connectivity index (χ0v) is 13.4. The van der Waals surface area contributed by atoms with Crippen LogP contribution < -0.4 is 9.64 Å². The number of carbonyl (C=O) groups is 2. The van der Waals surface area contributed by atoms with E-state index in [1.54, 1.807) is 44.6 Å². The van der Waals surface area contributed by atoms with Gasteiger partial charge in [0.05, 0.1) is 7.11 Å². The molecule has 5 nitrogen and oxygen atoms in total. The molecule has 0 saturated carbocycles. The van der Waals surface area contributed by atoms with Crippen molar-refractivity contribution in [1.29, 1.82) is 0 Å². The van der Waals surface area contributed by atoms with Crippen LogP contribution in [0.3, 0.4) is 0 Å². The SMILES string of the molecule is COc1ccc(C(=O)CCCC(=O)N(C)c2nccs2)cc1. The summed E-state index contributed by atoms with van der Waals surface area (Å²) in [6.45, 7) is 0. The van der Waals surface area contributed by atoms with Crippen molar-refractivity contribution in [2.75, 3.05) is 19.1 Å². The quantitative estimate of drug-likeness (QED) is 0.736. The monoisotopic (exact) mass is 318 g/mol. The fraction of sp³-hybridized carbons (Fsp3) is 0.312. The van der Waals surface area contributed by atoms with E-state index in [0.29, 0.717) is 30.0 Å². The first kappa shape index (κ1) is 16.2. The molecule has 116 valence electrons. The van der Waals surface area contributed by atoms with E-state index in [2.05, 4.69) is 4.98 Å². The molecule has 0 saturated heterocycles. The second-order valence-electron chi connectivity index (χ2n) is 4.77. The maximum Gasteiger partial charge on any atom is 0.228 e. The van der Waals surface area contributed by atoms with Crippen LogP contribution in [0.15, 0.2) is 35.8 Å². The lowest BCUT2D eigenvalue weighted by atomic mass is 10.1. The number of carbonyl (C=O) groups excluding carboxylic acids is 2. The zero-order valence-electron chi connectivity index (χ0n) is 12.6. The van der Waals surface area contributed by atoms with E-state index in [1.807, 2.05) is 5.38 Å². The standard InChI is InChI=1S/C16H18N2O3S/c1-18(16-17-10-11-22-16)15(20)5-3-4-14(19)12-6-8-13(21-2)9-7-12/h6-11H,3-5H2,1-2H3. The van der Waals surface area contributed by atoms with Gasteiger partial charge < -0.3 is 4.74 Å². The van der Waals surface area contributed by atoms with Crippen LogP contribution in [0, 0.1) is 0 Å². The maximum atomic E-state index is 12.0. The summed E-state index contributed by atoms with van der Waals surface area (Å²) < 4.78 is 5.06. The average Bonchev–Trinajstić information content (AvgIpc) is 3.08. The van der Waals surface area contributed by atoms with Crippen LogP contribution >= 0.6 is 11.3 Å². The second-order valence-corrected chi connectivity index (χ2v) is 5.65. The van der Waals surface area contributed by atoms with Gasteiger partial charge in [0.15, 0.2) is 10.9 Å². The Bertz CT molecular complexity index is 623. The normalized spacial score (nSPS) is 10.3. The summed E-state index contributed by atoms with van der Waals surface area (Å²) in [5.74, 6) is 0.724. The van der Waals surface area contributed by atoms with Crippen LogP contribution in [0.4, 0.5) is 5.13 Å². The van der Waals surface area contributed by atoms with Gasteiger partial charge in [-0.25, -0.2) is 4.98 Å². The number of ketones is 1. The molecule has 0 bridgehead atoms. The van der Waals surface area contributed by atoms with Gasteiger partial charge in [-0.1, -0.05) is 0 Å². The summed E-state index contributed by atoms with van der Waals surface area (Å²) in [7, 11) is 3.29. The third-order valence-electron chi connectivity index (χ3n) is 3.29. The number of thiazole rings is 1. The topological polar surface area (TPSA) is 59.5 Å². The number of methoxy groups -OCH3 is 1. The highest BCUT2D eigenvalue weighted by atomic mass is 32.1. The molecule has 0 unspecified atom stereocenters. The van der Waals surface area contributed by atoms with Gasteiger partial charge in [-0.15, -0.1) is 11.3 Å². The molecule has 1 amide bonds. The second kappa shape index (κ2) is 7.70. The summed E-state index contributed by atoms with van der Waals surface area (Å²) in [6.07, 6.45) is 2.87. The van der Waals surface area contributed by atoms with Crippen molar-refractivity contribution in [2.45, 2.75) is 19.3 Å². The van der Waals surface area contributed by atoms with E-state index in [0.717, 1.165) is 5.75 Å². The first-order valence-electron chi connectivity index (χ1n) is 6.95. The molecule has 2 aromatic rings. The molecule has 0 spiro atoms. The molecule has 0 aliphatic rings. The molecule has 2 rings (SSSR count). The van der Waals surface area contributed by atoms with Crippen molar-refractivity contribution in [1.82, 2.24) is 4.98 Å². The Morgan fingerprint density at radius 3 is 2.55 bits per heavy atom. The predicted molar refractivity (Wildman–Crippen MR) is 86.7 cm³/mol. The number of nitrogens with zero attached hydrogens (tertiary/aromatic N) is 2. The highest BCUT2D eigenvalue weighted by Crippen LogP contribution is 2.18. The molecule has 0 aliphatic carbocycles.